The largest absolute Gasteiger partial charge is 0.399 e. The zero-order valence-corrected chi connectivity index (χ0v) is 10.5. The number of nitrogen functional groups attached to an aromatic ring is 1. The SMILES string of the molecule is CC.CCC(=O)c1cnc2cc(N)ccc2c1. The lowest BCUT2D eigenvalue weighted by Crippen LogP contribution is -1.97. The van der Waals surface area contributed by atoms with Crippen molar-refractivity contribution in [2.75, 3.05) is 5.73 Å². The van der Waals surface area contributed by atoms with Gasteiger partial charge in [-0.2, -0.15) is 0 Å². The zero-order chi connectivity index (χ0) is 12.8. The minimum atomic E-state index is 0.112. The van der Waals surface area contributed by atoms with Gasteiger partial charge in [-0.3, -0.25) is 9.78 Å². The van der Waals surface area contributed by atoms with Gasteiger partial charge in [0.2, 0.25) is 0 Å². The number of carbonyl (C=O) groups excluding carboxylic acids is 1. The van der Waals surface area contributed by atoms with Crippen molar-refractivity contribution in [2.45, 2.75) is 27.2 Å². The van der Waals surface area contributed by atoms with E-state index in [4.69, 9.17) is 5.73 Å². The molecule has 17 heavy (non-hydrogen) atoms. The molecule has 0 bridgehead atoms. The molecular formula is C14H18N2O. The van der Waals surface area contributed by atoms with E-state index in [2.05, 4.69) is 4.98 Å². The number of aromatic nitrogens is 1. The van der Waals surface area contributed by atoms with Crippen molar-refractivity contribution in [3.05, 3.63) is 36.0 Å². The molecule has 0 radical (unpaired) electrons. The lowest BCUT2D eigenvalue weighted by atomic mass is 10.1. The van der Waals surface area contributed by atoms with Gasteiger partial charge < -0.3 is 5.73 Å². The lowest BCUT2D eigenvalue weighted by molar-refractivity contribution is 0.0988. The monoisotopic (exact) mass is 230 g/mol. The van der Waals surface area contributed by atoms with Gasteiger partial charge in [0.1, 0.15) is 0 Å². The van der Waals surface area contributed by atoms with E-state index in [1.165, 1.54) is 0 Å². The van der Waals surface area contributed by atoms with Crippen LogP contribution < -0.4 is 5.73 Å². The zero-order valence-electron chi connectivity index (χ0n) is 10.5. The minimum absolute atomic E-state index is 0.112. The van der Waals surface area contributed by atoms with Crippen LogP contribution in [0.15, 0.2) is 30.5 Å². The molecule has 90 valence electrons. The number of rotatable bonds is 2. The highest BCUT2D eigenvalue weighted by Crippen LogP contribution is 2.17. The van der Waals surface area contributed by atoms with Crippen molar-refractivity contribution in [1.82, 2.24) is 4.98 Å². The van der Waals surface area contributed by atoms with E-state index in [9.17, 15) is 4.79 Å². The van der Waals surface area contributed by atoms with Gasteiger partial charge in [-0.1, -0.05) is 26.8 Å². The molecule has 0 saturated heterocycles. The molecule has 0 amide bonds. The number of ketones is 1. The summed E-state index contributed by atoms with van der Waals surface area (Å²) in [4.78, 5) is 15.7. The molecule has 2 rings (SSSR count). The Balaban J connectivity index is 0.000000686. The predicted molar refractivity (Wildman–Crippen MR) is 72.1 cm³/mol. The van der Waals surface area contributed by atoms with Crippen LogP contribution in [-0.4, -0.2) is 10.8 Å². The molecule has 3 heteroatoms. The predicted octanol–water partition coefficient (Wildman–Crippen LogP) is 3.44. The van der Waals surface area contributed by atoms with Crippen molar-refractivity contribution in [2.24, 2.45) is 0 Å². The van der Waals surface area contributed by atoms with Crippen LogP contribution in [0.1, 0.15) is 37.6 Å². The summed E-state index contributed by atoms with van der Waals surface area (Å²) in [7, 11) is 0. The fourth-order valence-corrected chi connectivity index (χ4v) is 1.50. The fourth-order valence-electron chi connectivity index (χ4n) is 1.50. The summed E-state index contributed by atoms with van der Waals surface area (Å²) in [5.74, 6) is 0.112. The fraction of sp³-hybridized carbons (Fsp3) is 0.286. The Hall–Kier alpha value is -1.90. The highest BCUT2D eigenvalue weighted by atomic mass is 16.1. The summed E-state index contributed by atoms with van der Waals surface area (Å²) in [6.45, 7) is 5.84. The summed E-state index contributed by atoms with van der Waals surface area (Å²) < 4.78 is 0. The second kappa shape index (κ2) is 5.99. The number of nitrogens with two attached hydrogens (primary N) is 1. The molecule has 0 atom stereocenters. The van der Waals surface area contributed by atoms with Crippen molar-refractivity contribution >= 4 is 22.4 Å². The molecule has 0 unspecified atom stereocenters. The number of hydrogen-bond donors (Lipinski definition) is 1. The third-order valence-electron chi connectivity index (χ3n) is 2.35. The first-order valence-electron chi connectivity index (χ1n) is 5.89. The van der Waals surface area contributed by atoms with Crippen molar-refractivity contribution < 1.29 is 4.79 Å². The molecule has 1 aromatic heterocycles. The average Bonchev–Trinajstić information content (AvgIpc) is 2.39. The first-order valence-corrected chi connectivity index (χ1v) is 5.89. The number of benzene rings is 1. The molecule has 0 saturated carbocycles. The summed E-state index contributed by atoms with van der Waals surface area (Å²) in [6.07, 6.45) is 2.11. The van der Waals surface area contributed by atoms with E-state index >= 15 is 0 Å². The second-order valence-corrected chi connectivity index (χ2v) is 3.45. The van der Waals surface area contributed by atoms with Crippen molar-refractivity contribution in [3.63, 3.8) is 0 Å². The molecule has 0 aliphatic heterocycles. The number of pyridine rings is 1. The normalized spacial score (nSPS) is 9.59. The van der Waals surface area contributed by atoms with E-state index in [-0.39, 0.29) is 5.78 Å². The highest BCUT2D eigenvalue weighted by molar-refractivity contribution is 5.98. The Labute approximate surface area is 102 Å². The quantitative estimate of drug-likeness (QED) is 0.635. The van der Waals surface area contributed by atoms with Crippen molar-refractivity contribution in [3.8, 4) is 0 Å². The van der Waals surface area contributed by atoms with E-state index in [1.54, 1.807) is 12.3 Å². The van der Waals surface area contributed by atoms with Crippen LogP contribution in [0.3, 0.4) is 0 Å². The number of Topliss-reactive ketones (excluding diaryl/α,β-unsaturated/α-hetero) is 1. The molecule has 0 aliphatic rings. The standard InChI is InChI=1S/C12H12N2O.C2H6/c1-2-12(15)9-5-8-3-4-10(13)6-11(8)14-7-9;1-2/h3-7H,2,13H2,1H3;1-2H3. The van der Waals surface area contributed by atoms with Gasteiger partial charge in [0.25, 0.3) is 0 Å². The van der Waals surface area contributed by atoms with E-state index < -0.39 is 0 Å². The van der Waals surface area contributed by atoms with Crippen LogP contribution in [0.25, 0.3) is 10.9 Å². The van der Waals surface area contributed by atoms with Crippen LogP contribution in [0.4, 0.5) is 5.69 Å². The molecule has 0 spiro atoms. The first kappa shape index (κ1) is 13.2. The maximum absolute atomic E-state index is 11.5. The van der Waals surface area contributed by atoms with Gasteiger partial charge >= 0.3 is 0 Å². The topological polar surface area (TPSA) is 56.0 Å². The molecule has 2 N–H and O–H groups in total. The lowest BCUT2D eigenvalue weighted by Gasteiger charge is -2.01. The Morgan fingerprint density at radius 3 is 2.65 bits per heavy atom. The van der Waals surface area contributed by atoms with Crippen LogP contribution in [0, 0.1) is 0 Å². The molecule has 0 fully saturated rings. The van der Waals surface area contributed by atoms with Crippen LogP contribution in [0.5, 0.6) is 0 Å². The number of anilines is 1. The molecular weight excluding hydrogens is 212 g/mol. The molecule has 0 aliphatic carbocycles. The summed E-state index contributed by atoms with van der Waals surface area (Å²) in [5, 5.41) is 0.948. The van der Waals surface area contributed by atoms with Gasteiger partial charge in [0.05, 0.1) is 5.52 Å². The first-order chi connectivity index (χ1) is 8.20. The Morgan fingerprint density at radius 1 is 1.29 bits per heavy atom. The molecule has 3 nitrogen and oxygen atoms in total. The van der Waals surface area contributed by atoms with Crippen LogP contribution in [0.2, 0.25) is 0 Å². The van der Waals surface area contributed by atoms with Gasteiger partial charge in [0, 0.05) is 29.3 Å². The Morgan fingerprint density at radius 2 is 2.00 bits per heavy atom. The minimum Gasteiger partial charge on any atom is -0.399 e. The number of nitrogens with zero attached hydrogens (tertiary/aromatic N) is 1. The van der Waals surface area contributed by atoms with Gasteiger partial charge in [-0.15, -0.1) is 0 Å². The number of carbonyl (C=O) groups is 1. The Bertz CT molecular complexity index is 521. The maximum Gasteiger partial charge on any atom is 0.164 e. The highest BCUT2D eigenvalue weighted by Gasteiger charge is 2.04. The summed E-state index contributed by atoms with van der Waals surface area (Å²) in [5.41, 5.74) is 7.81. The van der Waals surface area contributed by atoms with Gasteiger partial charge in [-0.25, -0.2) is 0 Å². The van der Waals surface area contributed by atoms with E-state index in [0.717, 1.165) is 10.9 Å². The van der Waals surface area contributed by atoms with Gasteiger partial charge in [-0.05, 0) is 18.2 Å². The third-order valence-corrected chi connectivity index (χ3v) is 2.35. The second-order valence-electron chi connectivity index (χ2n) is 3.45. The Kier molecular flexibility index (Phi) is 4.64. The third kappa shape index (κ3) is 3.03. The van der Waals surface area contributed by atoms with Gasteiger partial charge in [0.15, 0.2) is 5.78 Å². The van der Waals surface area contributed by atoms with E-state index in [1.807, 2.05) is 39.0 Å². The van der Waals surface area contributed by atoms with Crippen LogP contribution in [-0.2, 0) is 0 Å². The number of hydrogen-bond acceptors (Lipinski definition) is 3. The molecule has 1 aromatic carbocycles. The molecule has 1 heterocycles. The smallest absolute Gasteiger partial charge is 0.164 e. The van der Waals surface area contributed by atoms with Crippen molar-refractivity contribution in [1.29, 1.82) is 0 Å². The summed E-state index contributed by atoms with van der Waals surface area (Å²) in [6, 6.07) is 7.34. The maximum atomic E-state index is 11.5. The average molecular weight is 230 g/mol. The number of fused-ring (bicyclic) bond motifs is 1. The molecule has 2 aromatic rings. The van der Waals surface area contributed by atoms with E-state index in [0.29, 0.717) is 17.7 Å². The summed E-state index contributed by atoms with van der Waals surface area (Å²) >= 11 is 0. The van der Waals surface area contributed by atoms with Crippen LogP contribution >= 0.6 is 0 Å².